The van der Waals surface area contributed by atoms with Crippen LogP contribution in [-0.2, 0) is 10.0 Å². The Morgan fingerprint density at radius 3 is 2.37 bits per heavy atom. The number of aromatic nitrogens is 2. The highest BCUT2D eigenvalue weighted by Gasteiger charge is 2.20. The van der Waals surface area contributed by atoms with Crippen molar-refractivity contribution in [2.45, 2.75) is 18.0 Å². The first-order valence-electron chi connectivity index (χ1n) is 8.63. The lowest BCUT2D eigenvalue weighted by molar-refractivity contribution is 0.304. The van der Waals surface area contributed by atoms with Gasteiger partial charge < -0.3 is 10.6 Å². The molecular weight excluding hydrogens is 362 g/mol. The standard InChI is InChI=1S/C19H25N5O2S/c1-14-5-8-16(9-6-14)27(25,26)24-12-11-15-7-10-18(21-19(15)24)23(4)13-17(20)22(2)3/h5-12,17H,13,20H2,1-4H3. The zero-order valence-corrected chi connectivity index (χ0v) is 16.8. The molecule has 0 amide bonds. The van der Waals surface area contributed by atoms with Crippen molar-refractivity contribution < 1.29 is 8.42 Å². The van der Waals surface area contributed by atoms with E-state index in [4.69, 9.17) is 5.73 Å². The molecule has 0 bridgehead atoms. The number of nitrogens with two attached hydrogens (primary N) is 1. The normalized spacial score (nSPS) is 13.3. The zero-order valence-electron chi connectivity index (χ0n) is 16.0. The molecule has 0 radical (unpaired) electrons. The number of rotatable bonds is 6. The van der Waals surface area contributed by atoms with Gasteiger partial charge in [0, 0.05) is 25.2 Å². The maximum atomic E-state index is 13.1. The van der Waals surface area contributed by atoms with E-state index in [1.807, 2.05) is 50.0 Å². The molecule has 0 aliphatic carbocycles. The van der Waals surface area contributed by atoms with Gasteiger partial charge in [-0.3, -0.25) is 4.90 Å². The highest BCUT2D eigenvalue weighted by atomic mass is 32.2. The molecule has 2 heterocycles. The molecule has 0 saturated carbocycles. The van der Waals surface area contributed by atoms with Crippen LogP contribution >= 0.6 is 0 Å². The third-order valence-electron chi connectivity index (χ3n) is 4.58. The highest BCUT2D eigenvalue weighted by molar-refractivity contribution is 7.90. The third kappa shape index (κ3) is 3.83. The minimum Gasteiger partial charge on any atom is -0.357 e. The van der Waals surface area contributed by atoms with Gasteiger partial charge in [-0.25, -0.2) is 17.4 Å². The molecule has 7 nitrogen and oxygen atoms in total. The summed E-state index contributed by atoms with van der Waals surface area (Å²) < 4.78 is 27.3. The van der Waals surface area contributed by atoms with Crippen LogP contribution in [0, 0.1) is 6.92 Å². The number of fused-ring (bicyclic) bond motifs is 1. The Morgan fingerprint density at radius 1 is 1.07 bits per heavy atom. The average Bonchev–Trinajstić information content (AvgIpc) is 3.05. The molecule has 144 valence electrons. The van der Waals surface area contributed by atoms with E-state index in [0.717, 1.165) is 10.9 Å². The molecule has 0 aliphatic rings. The predicted molar refractivity (Wildman–Crippen MR) is 108 cm³/mol. The van der Waals surface area contributed by atoms with Gasteiger partial charge in [-0.15, -0.1) is 0 Å². The number of likely N-dealkylation sites (N-methyl/N-ethyl adjacent to an activating group) is 2. The van der Waals surface area contributed by atoms with E-state index in [1.165, 1.54) is 3.97 Å². The quantitative estimate of drug-likeness (QED) is 0.650. The topological polar surface area (TPSA) is 84.5 Å². The molecule has 3 aromatic rings. The zero-order chi connectivity index (χ0) is 19.8. The molecule has 1 aromatic carbocycles. The smallest absolute Gasteiger partial charge is 0.269 e. The molecule has 2 N–H and O–H groups in total. The fourth-order valence-corrected chi connectivity index (χ4v) is 4.04. The second-order valence-corrected chi connectivity index (χ2v) is 8.74. The summed E-state index contributed by atoms with van der Waals surface area (Å²) in [6.07, 6.45) is 1.39. The van der Waals surface area contributed by atoms with Gasteiger partial charge in [0.2, 0.25) is 0 Å². The first-order valence-corrected chi connectivity index (χ1v) is 10.1. The summed E-state index contributed by atoms with van der Waals surface area (Å²) in [5.74, 6) is 0.666. The van der Waals surface area contributed by atoms with Gasteiger partial charge in [0.15, 0.2) is 5.65 Å². The second kappa shape index (κ2) is 7.30. The minimum atomic E-state index is -3.72. The molecule has 3 rings (SSSR count). The summed E-state index contributed by atoms with van der Waals surface area (Å²) in [5.41, 5.74) is 7.50. The molecular formula is C19H25N5O2S. The average molecular weight is 388 g/mol. The SMILES string of the molecule is Cc1ccc(S(=O)(=O)n2ccc3ccc(N(C)CC(N)N(C)C)nc32)cc1. The van der Waals surface area contributed by atoms with Crippen LogP contribution in [0.3, 0.4) is 0 Å². The van der Waals surface area contributed by atoms with E-state index in [0.29, 0.717) is 18.0 Å². The van der Waals surface area contributed by atoms with E-state index in [1.54, 1.807) is 36.5 Å². The fourth-order valence-electron chi connectivity index (χ4n) is 2.74. The van der Waals surface area contributed by atoms with Gasteiger partial charge in [-0.2, -0.15) is 0 Å². The Balaban J connectivity index is 2.01. The molecule has 8 heteroatoms. The maximum Gasteiger partial charge on any atom is 0.269 e. The van der Waals surface area contributed by atoms with Crippen LogP contribution in [0.2, 0.25) is 0 Å². The first kappa shape index (κ1) is 19.3. The molecule has 0 saturated heterocycles. The summed E-state index contributed by atoms with van der Waals surface area (Å²) >= 11 is 0. The minimum absolute atomic E-state index is 0.157. The molecule has 1 atom stereocenters. The van der Waals surface area contributed by atoms with Crippen LogP contribution < -0.4 is 10.6 Å². The van der Waals surface area contributed by atoms with Crippen LogP contribution in [0.5, 0.6) is 0 Å². The molecule has 0 spiro atoms. The number of benzene rings is 1. The molecule has 2 aromatic heterocycles. The van der Waals surface area contributed by atoms with E-state index in [9.17, 15) is 8.42 Å². The van der Waals surface area contributed by atoms with Gasteiger partial charge in [0.25, 0.3) is 10.0 Å². The summed E-state index contributed by atoms with van der Waals surface area (Å²) in [7, 11) is 2.00. The molecule has 0 aliphatic heterocycles. The Kier molecular flexibility index (Phi) is 5.23. The molecule has 27 heavy (non-hydrogen) atoms. The van der Waals surface area contributed by atoms with E-state index >= 15 is 0 Å². The number of pyridine rings is 1. The first-order chi connectivity index (χ1) is 12.7. The van der Waals surface area contributed by atoms with Gasteiger partial charge in [0.05, 0.1) is 11.1 Å². The van der Waals surface area contributed by atoms with Crippen molar-refractivity contribution in [2.24, 2.45) is 5.73 Å². The number of anilines is 1. The molecule has 1 unspecified atom stereocenters. The Bertz CT molecular complexity index is 1040. The van der Waals surface area contributed by atoms with Crippen molar-refractivity contribution in [1.29, 1.82) is 0 Å². The van der Waals surface area contributed by atoms with E-state index < -0.39 is 10.0 Å². The largest absolute Gasteiger partial charge is 0.357 e. The monoisotopic (exact) mass is 387 g/mol. The van der Waals surface area contributed by atoms with Gasteiger partial charge in [0.1, 0.15) is 5.82 Å². The summed E-state index contributed by atoms with van der Waals surface area (Å²) in [4.78, 5) is 8.66. The third-order valence-corrected chi connectivity index (χ3v) is 6.26. The molecule has 0 fully saturated rings. The van der Waals surface area contributed by atoms with Crippen LogP contribution in [0.1, 0.15) is 5.56 Å². The highest BCUT2D eigenvalue weighted by Crippen LogP contribution is 2.23. The summed E-state index contributed by atoms with van der Waals surface area (Å²) in [6, 6.07) is 12.3. The Morgan fingerprint density at radius 2 is 1.74 bits per heavy atom. The van der Waals surface area contributed by atoms with E-state index in [2.05, 4.69) is 4.98 Å². The van der Waals surface area contributed by atoms with Gasteiger partial charge in [-0.05, 0) is 51.4 Å². The lowest BCUT2D eigenvalue weighted by atomic mass is 10.2. The van der Waals surface area contributed by atoms with Crippen molar-refractivity contribution in [3.63, 3.8) is 0 Å². The number of hydrogen-bond acceptors (Lipinski definition) is 6. The second-order valence-electron chi connectivity index (χ2n) is 6.92. The number of aryl methyl sites for hydroxylation is 1. The van der Waals surface area contributed by atoms with Crippen LogP contribution in [0.25, 0.3) is 11.0 Å². The predicted octanol–water partition coefficient (Wildman–Crippen LogP) is 1.86. The van der Waals surface area contributed by atoms with Crippen molar-refractivity contribution >= 4 is 26.9 Å². The summed E-state index contributed by atoms with van der Waals surface area (Å²) in [6.45, 7) is 2.49. The lowest BCUT2D eigenvalue weighted by Crippen LogP contribution is -2.45. The van der Waals surface area contributed by atoms with Crippen LogP contribution in [0.15, 0.2) is 53.6 Å². The lowest BCUT2D eigenvalue weighted by Gasteiger charge is -2.26. The van der Waals surface area contributed by atoms with Crippen molar-refractivity contribution in [1.82, 2.24) is 13.9 Å². The fraction of sp³-hybridized carbons (Fsp3) is 0.316. The van der Waals surface area contributed by atoms with Crippen molar-refractivity contribution in [3.8, 4) is 0 Å². The van der Waals surface area contributed by atoms with Crippen LogP contribution in [0.4, 0.5) is 5.82 Å². The van der Waals surface area contributed by atoms with Gasteiger partial charge >= 0.3 is 0 Å². The summed E-state index contributed by atoms with van der Waals surface area (Å²) in [5, 5.41) is 0.764. The van der Waals surface area contributed by atoms with Gasteiger partial charge in [-0.1, -0.05) is 17.7 Å². The van der Waals surface area contributed by atoms with Crippen molar-refractivity contribution in [2.75, 3.05) is 32.6 Å². The van der Waals surface area contributed by atoms with Crippen LogP contribution in [-0.4, -0.2) is 56.1 Å². The Hall–Kier alpha value is -2.42. The van der Waals surface area contributed by atoms with E-state index in [-0.39, 0.29) is 11.1 Å². The number of hydrogen-bond donors (Lipinski definition) is 1. The maximum absolute atomic E-state index is 13.1. The number of nitrogens with zero attached hydrogens (tertiary/aromatic N) is 4. The Labute approximate surface area is 160 Å². The van der Waals surface area contributed by atoms with Crippen molar-refractivity contribution in [3.05, 3.63) is 54.2 Å².